The van der Waals surface area contributed by atoms with Crippen LogP contribution in [0, 0.1) is 0 Å². The van der Waals surface area contributed by atoms with Crippen LogP contribution in [0.2, 0.25) is 0 Å². The normalized spacial score (nSPS) is 13.8. The second-order valence-corrected chi connectivity index (χ2v) is 7.85. The fourth-order valence-corrected chi connectivity index (χ4v) is 3.99. The molecule has 1 heterocycles. The van der Waals surface area contributed by atoms with E-state index >= 15 is 0 Å². The van der Waals surface area contributed by atoms with Crippen LogP contribution in [0.5, 0.6) is 0 Å². The SMILES string of the molecule is CC(=O)N1CCc2ccc(S(=O)(=O)Nc3ccc(C(N)=O)cc3)cc2C1. The molecule has 8 heteroatoms. The van der Waals surface area contributed by atoms with Crippen molar-refractivity contribution in [1.82, 2.24) is 4.90 Å². The Kier molecular flexibility index (Phi) is 4.69. The second kappa shape index (κ2) is 6.80. The highest BCUT2D eigenvalue weighted by atomic mass is 32.2. The van der Waals surface area contributed by atoms with Gasteiger partial charge in [0.05, 0.1) is 4.90 Å². The number of fused-ring (bicyclic) bond motifs is 1. The van der Waals surface area contributed by atoms with Crippen molar-refractivity contribution in [2.45, 2.75) is 24.8 Å². The molecule has 7 nitrogen and oxygen atoms in total. The van der Waals surface area contributed by atoms with Crippen LogP contribution in [0.1, 0.15) is 28.4 Å². The van der Waals surface area contributed by atoms with E-state index < -0.39 is 15.9 Å². The van der Waals surface area contributed by atoms with Crippen LogP contribution in [0.3, 0.4) is 0 Å². The van der Waals surface area contributed by atoms with E-state index in [-0.39, 0.29) is 10.8 Å². The van der Waals surface area contributed by atoms with Crippen molar-refractivity contribution in [3.63, 3.8) is 0 Å². The average molecular weight is 373 g/mol. The first-order valence-corrected chi connectivity index (χ1v) is 9.54. The molecule has 0 bridgehead atoms. The van der Waals surface area contributed by atoms with E-state index in [4.69, 9.17) is 5.73 Å². The molecule has 136 valence electrons. The minimum Gasteiger partial charge on any atom is -0.366 e. The van der Waals surface area contributed by atoms with Crippen LogP contribution < -0.4 is 10.5 Å². The summed E-state index contributed by atoms with van der Waals surface area (Å²) in [7, 11) is -3.79. The molecule has 2 aromatic rings. The lowest BCUT2D eigenvalue weighted by atomic mass is 10.00. The van der Waals surface area contributed by atoms with E-state index in [1.54, 1.807) is 23.1 Å². The Labute approximate surface area is 151 Å². The average Bonchev–Trinajstić information content (AvgIpc) is 2.60. The maximum atomic E-state index is 12.6. The maximum Gasteiger partial charge on any atom is 0.261 e. The highest BCUT2D eigenvalue weighted by molar-refractivity contribution is 7.92. The summed E-state index contributed by atoms with van der Waals surface area (Å²) in [5, 5.41) is 0. The van der Waals surface area contributed by atoms with Crippen molar-refractivity contribution in [2.75, 3.05) is 11.3 Å². The molecule has 1 aliphatic rings. The molecule has 1 aliphatic heterocycles. The summed E-state index contributed by atoms with van der Waals surface area (Å²) in [6.45, 7) is 2.54. The van der Waals surface area contributed by atoms with Gasteiger partial charge in [0, 0.05) is 31.3 Å². The van der Waals surface area contributed by atoms with Crippen LogP contribution in [0.15, 0.2) is 47.4 Å². The largest absolute Gasteiger partial charge is 0.366 e. The van der Waals surface area contributed by atoms with E-state index in [1.165, 1.54) is 31.2 Å². The van der Waals surface area contributed by atoms with E-state index in [2.05, 4.69) is 4.72 Å². The molecule has 2 aromatic carbocycles. The summed E-state index contributed by atoms with van der Waals surface area (Å²) in [5.41, 5.74) is 7.68. The van der Waals surface area contributed by atoms with Crippen LogP contribution in [0.4, 0.5) is 5.69 Å². The van der Waals surface area contributed by atoms with Crippen LogP contribution in [-0.4, -0.2) is 31.7 Å². The fourth-order valence-electron chi connectivity index (χ4n) is 2.89. The monoisotopic (exact) mass is 373 g/mol. The molecule has 0 fully saturated rings. The third kappa shape index (κ3) is 3.70. The molecule has 2 amide bonds. The number of nitrogens with two attached hydrogens (primary N) is 1. The Morgan fingerprint density at radius 1 is 1.08 bits per heavy atom. The van der Waals surface area contributed by atoms with E-state index in [9.17, 15) is 18.0 Å². The molecule has 3 N–H and O–H groups in total. The van der Waals surface area contributed by atoms with Crippen LogP contribution >= 0.6 is 0 Å². The minimum atomic E-state index is -3.79. The molecule has 0 saturated heterocycles. The Balaban J connectivity index is 1.84. The lowest BCUT2D eigenvalue weighted by molar-refractivity contribution is -0.129. The van der Waals surface area contributed by atoms with Gasteiger partial charge in [0.1, 0.15) is 0 Å². The summed E-state index contributed by atoms with van der Waals surface area (Å²) in [6, 6.07) is 10.8. The minimum absolute atomic E-state index is 0.0309. The molecule has 0 atom stereocenters. The standard InChI is InChI=1S/C18H19N3O4S/c1-12(22)21-9-8-13-4-7-17(10-15(13)11-21)26(24,25)20-16-5-2-14(3-6-16)18(19)23/h2-7,10,20H,8-9,11H2,1H3,(H2,19,23). The summed E-state index contributed by atoms with van der Waals surface area (Å²) in [4.78, 5) is 24.5. The molecule has 0 aliphatic carbocycles. The van der Waals surface area contributed by atoms with Gasteiger partial charge in [-0.05, 0) is 53.9 Å². The van der Waals surface area contributed by atoms with Gasteiger partial charge in [-0.15, -0.1) is 0 Å². The molecular weight excluding hydrogens is 354 g/mol. The molecular formula is C18H19N3O4S. The smallest absolute Gasteiger partial charge is 0.261 e. The summed E-state index contributed by atoms with van der Waals surface area (Å²) < 4.78 is 27.8. The molecule has 0 radical (unpaired) electrons. The molecule has 0 saturated carbocycles. The molecule has 3 rings (SSSR count). The zero-order valence-corrected chi connectivity index (χ0v) is 15.0. The van der Waals surface area contributed by atoms with Crippen molar-refractivity contribution in [1.29, 1.82) is 0 Å². The van der Waals surface area contributed by atoms with Crippen LogP contribution in [0.25, 0.3) is 0 Å². The molecule has 26 heavy (non-hydrogen) atoms. The van der Waals surface area contributed by atoms with Gasteiger partial charge in [-0.2, -0.15) is 0 Å². The Bertz CT molecular complexity index is 968. The fraction of sp³-hybridized carbons (Fsp3) is 0.222. The Hall–Kier alpha value is -2.87. The zero-order chi connectivity index (χ0) is 18.9. The van der Waals surface area contributed by atoms with Crippen molar-refractivity contribution in [2.24, 2.45) is 5.73 Å². The topological polar surface area (TPSA) is 110 Å². The van der Waals surface area contributed by atoms with Crippen molar-refractivity contribution in [3.8, 4) is 0 Å². The van der Waals surface area contributed by atoms with Gasteiger partial charge in [0.2, 0.25) is 11.8 Å². The number of nitrogens with zero attached hydrogens (tertiary/aromatic N) is 1. The quantitative estimate of drug-likeness (QED) is 0.846. The second-order valence-electron chi connectivity index (χ2n) is 6.17. The predicted octanol–water partition coefficient (Wildman–Crippen LogP) is 1.49. The first-order valence-electron chi connectivity index (χ1n) is 8.06. The Morgan fingerprint density at radius 2 is 1.77 bits per heavy atom. The number of sulfonamides is 1. The van der Waals surface area contributed by atoms with Gasteiger partial charge in [-0.1, -0.05) is 6.07 Å². The predicted molar refractivity (Wildman–Crippen MR) is 97.0 cm³/mol. The number of nitrogens with one attached hydrogen (secondary N) is 1. The summed E-state index contributed by atoms with van der Waals surface area (Å²) in [5.74, 6) is -0.610. The van der Waals surface area contributed by atoms with E-state index in [1.807, 2.05) is 0 Å². The number of carbonyl (C=O) groups excluding carboxylic acids is 2. The third-order valence-electron chi connectivity index (χ3n) is 4.37. The van der Waals surface area contributed by atoms with Gasteiger partial charge in [0.15, 0.2) is 0 Å². The Morgan fingerprint density at radius 3 is 2.38 bits per heavy atom. The zero-order valence-electron chi connectivity index (χ0n) is 14.2. The summed E-state index contributed by atoms with van der Waals surface area (Å²) >= 11 is 0. The first kappa shape index (κ1) is 17.9. The van der Waals surface area contributed by atoms with Crippen LogP contribution in [-0.2, 0) is 27.8 Å². The summed E-state index contributed by atoms with van der Waals surface area (Å²) in [6.07, 6.45) is 0.706. The number of amides is 2. The number of benzene rings is 2. The van der Waals surface area contributed by atoms with Gasteiger partial charge >= 0.3 is 0 Å². The van der Waals surface area contributed by atoms with Gasteiger partial charge in [-0.25, -0.2) is 8.42 Å². The number of primary amides is 1. The highest BCUT2D eigenvalue weighted by Crippen LogP contribution is 2.24. The first-order chi connectivity index (χ1) is 12.3. The third-order valence-corrected chi connectivity index (χ3v) is 5.75. The number of rotatable bonds is 4. The van der Waals surface area contributed by atoms with Crippen molar-refractivity contribution >= 4 is 27.5 Å². The maximum absolute atomic E-state index is 12.6. The molecule has 0 aromatic heterocycles. The lowest BCUT2D eigenvalue weighted by Crippen LogP contribution is -2.34. The number of anilines is 1. The number of carbonyl (C=O) groups is 2. The van der Waals surface area contributed by atoms with Gasteiger partial charge < -0.3 is 10.6 Å². The lowest BCUT2D eigenvalue weighted by Gasteiger charge is -2.28. The molecule has 0 spiro atoms. The van der Waals surface area contributed by atoms with Crippen molar-refractivity contribution in [3.05, 3.63) is 59.2 Å². The van der Waals surface area contributed by atoms with Crippen molar-refractivity contribution < 1.29 is 18.0 Å². The highest BCUT2D eigenvalue weighted by Gasteiger charge is 2.21. The molecule has 0 unspecified atom stereocenters. The number of hydrogen-bond donors (Lipinski definition) is 2. The van der Waals surface area contributed by atoms with E-state index in [0.717, 1.165) is 11.1 Å². The van der Waals surface area contributed by atoms with Gasteiger partial charge in [0.25, 0.3) is 10.0 Å². The van der Waals surface area contributed by atoms with E-state index in [0.29, 0.717) is 30.8 Å². The number of hydrogen-bond acceptors (Lipinski definition) is 4. The van der Waals surface area contributed by atoms with Gasteiger partial charge in [-0.3, -0.25) is 14.3 Å².